The van der Waals surface area contributed by atoms with Crippen LogP contribution in [0.15, 0.2) is 79.4 Å². The maximum atomic E-state index is 4.24. The number of para-hydroxylation sites is 1. The van der Waals surface area contributed by atoms with Gasteiger partial charge in [-0.1, -0.05) is 61.2 Å². The van der Waals surface area contributed by atoms with E-state index in [1.807, 2.05) is 0 Å². The van der Waals surface area contributed by atoms with Crippen LogP contribution in [0.2, 0.25) is 0 Å². The first kappa shape index (κ1) is 15.7. The molecule has 0 aromatic heterocycles. The lowest BCUT2D eigenvalue weighted by Crippen LogP contribution is -2.51. The molecule has 0 bridgehead atoms. The highest BCUT2D eigenvalue weighted by molar-refractivity contribution is 5.85. The maximum absolute atomic E-state index is 4.24. The normalized spacial score (nSPS) is 15.3. The Bertz CT molecular complexity index is 865. The molecule has 0 aliphatic carbocycles. The summed E-state index contributed by atoms with van der Waals surface area (Å²) >= 11 is 0. The average Bonchev–Trinajstić information content (AvgIpc) is 2.69. The molecule has 1 fully saturated rings. The van der Waals surface area contributed by atoms with Crippen LogP contribution in [0, 0.1) is 0 Å². The molecule has 1 heterocycles. The first-order valence-corrected chi connectivity index (χ1v) is 8.79. The fraction of sp³-hybridized carbons (Fsp3) is 0.182. The topological polar surface area (TPSA) is 18.5 Å². The van der Waals surface area contributed by atoms with Crippen LogP contribution in [0.25, 0.3) is 16.5 Å². The number of nitrogens with one attached hydrogen (secondary N) is 1. The number of rotatable bonds is 4. The second-order valence-corrected chi connectivity index (χ2v) is 6.46. The molecule has 25 heavy (non-hydrogen) atoms. The Hall–Kier alpha value is -2.78. The minimum atomic E-state index is 0.957. The van der Waals surface area contributed by atoms with Gasteiger partial charge in [0.05, 0.1) is 0 Å². The van der Waals surface area contributed by atoms with Crippen molar-refractivity contribution >= 4 is 22.2 Å². The molecule has 3 heteroatoms. The SMILES string of the molecule is C=C(NN1CCN(c2ccccc2)CC1)c1ccc2ccccc2c1. The van der Waals surface area contributed by atoms with Gasteiger partial charge in [0.15, 0.2) is 0 Å². The molecule has 0 atom stereocenters. The molecule has 1 aliphatic heterocycles. The van der Waals surface area contributed by atoms with Crippen molar-refractivity contribution in [1.82, 2.24) is 10.4 Å². The van der Waals surface area contributed by atoms with Crippen molar-refractivity contribution < 1.29 is 0 Å². The van der Waals surface area contributed by atoms with E-state index < -0.39 is 0 Å². The predicted octanol–water partition coefficient (Wildman–Crippen LogP) is 4.14. The largest absolute Gasteiger partial charge is 0.369 e. The summed E-state index contributed by atoms with van der Waals surface area (Å²) in [6.45, 7) is 8.22. The van der Waals surface area contributed by atoms with Gasteiger partial charge >= 0.3 is 0 Å². The van der Waals surface area contributed by atoms with Crippen LogP contribution in [0.5, 0.6) is 0 Å². The zero-order valence-electron chi connectivity index (χ0n) is 14.4. The molecular formula is C22H23N3. The van der Waals surface area contributed by atoms with E-state index in [0.29, 0.717) is 0 Å². The third-order valence-corrected chi connectivity index (χ3v) is 4.79. The van der Waals surface area contributed by atoms with Crippen molar-refractivity contribution in [2.75, 3.05) is 31.1 Å². The fourth-order valence-corrected chi connectivity index (χ4v) is 3.35. The summed E-state index contributed by atoms with van der Waals surface area (Å²) in [5.41, 5.74) is 6.89. The fourth-order valence-electron chi connectivity index (χ4n) is 3.35. The molecule has 0 radical (unpaired) electrons. The standard InChI is InChI=1S/C22H23N3/c1-18(20-12-11-19-7-5-6-8-21(19)17-20)23-25-15-13-24(14-16-25)22-9-3-2-4-10-22/h2-12,17,23H,1,13-16H2. The molecule has 3 aromatic rings. The summed E-state index contributed by atoms with van der Waals surface area (Å²) in [5, 5.41) is 4.77. The van der Waals surface area contributed by atoms with E-state index in [4.69, 9.17) is 0 Å². The monoisotopic (exact) mass is 329 g/mol. The molecule has 0 spiro atoms. The minimum absolute atomic E-state index is 0.957. The van der Waals surface area contributed by atoms with E-state index in [0.717, 1.165) is 37.4 Å². The van der Waals surface area contributed by atoms with Crippen molar-refractivity contribution in [3.63, 3.8) is 0 Å². The van der Waals surface area contributed by atoms with Crippen molar-refractivity contribution in [2.24, 2.45) is 0 Å². The van der Waals surface area contributed by atoms with Gasteiger partial charge in [-0.2, -0.15) is 0 Å². The first-order valence-electron chi connectivity index (χ1n) is 8.79. The van der Waals surface area contributed by atoms with Gasteiger partial charge in [0.1, 0.15) is 0 Å². The van der Waals surface area contributed by atoms with Gasteiger partial charge < -0.3 is 10.3 Å². The van der Waals surface area contributed by atoms with E-state index in [1.165, 1.54) is 16.5 Å². The number of anilines is 1. The van der Waals surface area contributed by atoms with Crippen LogP contribution in [0.3, 0.4) is 0 Å². The molecule has 1 saturated heterocycles. The van der Waals surface area contributed by atoms with Crippen molar-refractivity contribution in [3.8, 4) is 0 Å². The van der Waals surface area contributed by atoms with E-state index in [2.05, 4.69) is 94.7 Å². The summed E-state index contributed by atoms with van der Waals surface area (Å²) in [4.78, 5) is 2.43. The summed E-state index contributed by atoms with van der Waals surface area (Å²) in [5.74, 6) is 0. The number of fused-ring (bicyclic) bond motifs is 1. The van der Waals surface area contributed by atoms with E-state index >= 15 is 0 Å². The van der Waals surface area contributed by atoms with Crippen molar-refractivity contribution in [2.45, 2.75) is 0 Å². The van der Waals surface area contributed by atoms with E-state index in [1.54, 1.807) is 0 Å². The number of hydrazine groups is 1. The Morgan fingerprint density at radius 1 is 0.760 bits per heavy atom. The number of benzene rings is 3. The molecule has 1 aliphatic rings. The molecule has 3 aromatic carbocycles. The second-order valence-electron chi connectivity index (χ2n) is 6.46. The quantitative estimate of drug-likeness (QED) is 0.776. The number of hydrogen-bond donors (Lipinski definition) is 1. The molecule has 0 amide bonds. The summed E-state index contributed by atoms with van der Waals surface area (Å²) in [6, 6.07) is 25.5. The molecule has 4 rings (SSSR count). The van der Waals surface area contributed by atoms with Gasteiger partial charge in [0, 0.05) is 37.6 Å². The van der Waals surface area contributed by atoms with Crippen LogP contribution in [0.1, 0.15) is 5.56 Å². The lowest BCUT2D eigenvalue weighted by atomic mass is 10.1. The Morgan fingerprint density at radius 2 is 1.44 bits per heavy atom. The third-order valence-electron chi connectivity index (χ3n) is 4.79. The van der Waals surface area contributed by atoms with Crippen LogP contribution in [-0.4, -0.2) is 31.2 Å². The smallest absolute Gasteiger partial charge is 0.0490 e. The van der Waals surface area contributed by atoms with Crippen LogP contribution in [0.4, 0.5) is 5.69 Å². The van der Waals surface area contributed by atoms with Crippen LogP contribution < -0.4 is 10.3 Å². The third kappa shape index (κ3) is 3.52. The van der Waals surface area contributed by atoms with Crippen LogP contribution in [-0.2, 0) is 0 Å². The molecule has 1 N–H and O–H groups in total. The number of piperazine rings is 1. The Kier molecular flexibility index (Phi) is 4.40. The Morgan fingerprint density at radius 3 is 2.20 bits per heavy atom. The molecule has 126 valence electrons. The van der Waals surface area contributed by atoms with Crippen molar-refractivity contribution in [3.05, 3.63) is 84.9 Å². The molecule has 3 nitrogen and oxygen atoms in total. The number of hydrogen-bond acceptors (Lipinski definition) is 3. The van der Waals surface area contributed by atoms with E-state index in [9.17, 15) is 0 Å². The molecular weight excluding hydrogens is 306 g/mol. The zero-order chi connectivity index (χ0) is 17.1. The number of nitrogens with zero attached hydrogens (tertiary/aromatic N) is 2. The Labute approximate surface area is 149 Å². The summed E-state index contributed by atoms with van der Waals surface area (Å²) in [6.07, 6.45) is 0. The van der Waals surface area contributed by atoms with E-state index in [-0.39, 0.29) is 0 Å². The average molecular weight is 329 g/mol. The summed E-state index contributed by atoms with van der Waals surface area (Å²) in [7, 11) is 0. The molecule has 0 saturated carbocycles. The Balaban J connectivity index is 1.38. The molecule has 0 unspecified atom stereocenters. The van der Waals surface area contributed by atoms with Gasteiger partial charge in [0.25, 0.3) is 0 Å². The van der Waals surface area contributed by atoms with Crippen LogP contribution >= 0.6 is 0 Å². The van der Waals surface area contributed by atoms with Gasteiger partial charge in [-0.25, -0.2) is 5.01 Å². The maximum Gasteiger partial charge on any atom is 0.0490 e. The van der Waals surface area contributed by atoms with Gasteiger partial charge in [-0.3, -0.25) is 0 Å². The highest BCUT2D eigenvalue weighted by atomic mass is 15.5. The predicted molar refractivity (Wildman–Crippen MR) is 106 cm³/mol. The summed E-state index contributed by atoms with van der Waals surface area (Å²) < 4.78 is 0. The highest BCUT2D eigenvalue weighted by Gasteiger charge is 2.17. The lowest BCUT2D eigenvalue weighted by molar-refractivity contribution is 0.215. The van der Waals surface area contributed by atoms with Gasteiger partial charge in [-0.15, -0.1) is 0 Å². The second kappa shape index (κ2) is 6.99. The first-order chi connectivity index (χ1) is 12.3. The zero-order valence-corrected chi connectivity index (χ0v) is 14.4. The minimum Gasteiger partial charge on any atom is -0.369 e. The van der Waals surface area contributed by atoms with Crippen molar-refractivity contribution in [1.29, 1.82) is 0 Å². The highest BCUT2D eigenvalue weighted by Crippen LogP contribution is 2.20. The van der Waals surface area contributed by atoms with Gasteiger partial charge in [0.2, 0.25) is 0 Å². The lowest BCUT2D eigenvalue weighted by Gasteiger charge is -2.37. The van der Waals surface area contributed by atoms with Gasteiger partial charge in [-0.05, 0) is 34.5 Å².